The molecule has 108 valence electrons. The molecule has 0 bridgehead atoms. The molecule has 1 heterocycles. The highest BCUT2D eigenvalue weighted by molar-refractivity contribution is 4.98. The summed E-state index contributed by atoms with van der Waals surface area (Å²) in [5.41, 5.74) is 0. The van der Waals surface area contributed by atoms with Gasteiger partial charge in [-0.2, -0.15) is 0 Å². The first kappa shape index (κ1) is 16.1. The van der Waals surface area contributed by atoms with Gasteiger partial charge < -0.3 is 0 Å². The van der Waals surface area contributed by atoms with Crippen LogP contribution < -0.4 is 0 Å². The Morgan fingerprint density at radius 2 is 1.47 bits per heavy atom. The van der Waals surface area contributed by atoms with Crippen LogP contribution in [0.25, 0.3) is 0 Å². The van der Waals surface area contributed by atoms with Gasteiger partial charge in [0.1, 0.15) is 5.82 Å². The van der Waals surface area contributed by atoms with E-state index in [9.17, 15) is 4.39 Å². The molecule has 0 radical (unpaired) electrons. The van der Waals surface area contributed by atoms with E-state index < -0.39 is 0 Å². The predicted octanol–water partition coefficient (Wildman–Crippen LogP) is 5.25. The fraction of sp³-hybridized carbons (Fsp3) is 0.750. The minimum absolute atomic E-state index is 0.346. The van der Waals surface area contributed by atoms with Crippen molar-refractivity contribution in [3.8, 4) is 0 Å². The zero-order valence-electron chi connectivity index (χ0n) is 12.4. The summed E-state index contributed by atoms with van der Waals surface area (Å²) in [6.45, 7) is 4.43. The summed E-state index contributed by atoms with van der Waals surface area (Å²) in [6, 6.07) is 0. The fourth-order valence-electron chi connectivity index (χ4n) is 2.38. The molecule has 1 atom stereocenters. The van der Waals surface area contributed by atoms with E-state index in [1.807, 2.05) is 0 Å². The van der Waals surface area contributed by atoms with Gasteiger partial charge in [-0.05, 0) is 12.8 Å². The summed E-state index contributed by atoms with van der Waals surface area (Å²) in [7, 11) is 0. The molecule has 0 saturated heterocycles. The van der Waals surface area contributed by atoms with Crippen molar-refractivity contribution in [2.75, 3.05) is 0 Å². The summed E-state index contributed by atoms with van der Waals surface area (Å²) in [6.07, 6.45) is 13.7. The molecule has 0 aliphatic carbocycles. The number of hydrogen-bond acceptors (Lipinski definition) is 2. The number of nitrogens with zero attached hydrogens (tertiary/aromatic N) is 2. The van der Waals surface area contributed by atoms with Gasteiger partial charge in [-0.3, -0.25) is 0 Å². The van der Waals surface area contributed by atoms with Gasteiger partial charge >= 0.3 is 0 Å². The van der Waals surface area contributed by atoms with Crippen LogP contribution >= 0.6 is 0 Å². The molecular formula is C16H27FN2. The molecular weight excluding hydrogens is 239 g/mol. The monoisotopic (exact) mass is 266 g/mol. The lowest BCUT2D eigenvalue weighted by molar-refractivity contribution is 0.483. The van der Waals surface area contributed by atoms with Crippen LogP contribution in [0.5, 0.6) is 0 Å². The van der Waals surface area contributed by atoms with E-state index in [1.54, 1.807) is 0 Å². The highest BCUT2D eigenvalue weighted by atomic mass is 19.1. The molecule has 1 unspecified atom stereocenters. The van der Waals surface area contributed by atoms with Gasteiger partial charge in [-0.25, -0.2) is 14.4 Å². The minimum atomic E-state index is -0.346. The molecule has 19 heavy (non-hydrogen) atoms. The van der Waals surface area contributed by atoms with Gasteiger partial charge in [0.25, 0.3) is 0 Å². The maximum atomic E-state index is 12.9. The minimum Gasteiger partial charge on any atom is -0.238 e. The largest absolute Gasteiger partial charge is 0.238 e. The topological polar surface area (TPSA) is 25.8 Å². The summed E-state index contributed by atoms with van der Waals surface area (Å²) in [5, 5.41) is 0. The molecule has 0 fully saturated rings. The van der Waals surface area contributed by atoms with Crippen molar-refractivity contribution in [2.45, 2.75) is 77.6 Å². The van der Waals surface area contributed by atoms with E-state index in [4.69, 9.17) is 0 Å². The maximum Gasteiger partial charge on any atom is 0.159 e. The van der Waals surface area contributed by atoms with Gasteiger partial charge in [-0.1, -0.05) is 58.8 Å². The van der Waals surface area contributed by atoms with Crippen LogP contribution in [0.3, 0.4) is 0 Å². The molecule has 0 spiro atoms. The normalized spacial score (nSPS) is 12.6. The molecule has 0 amide bonds. The average Bonchev–Trinajstić information content (AvgIpc) is 2.43. The van der Waals surface area contributed by atoms with Crippen LogP contribution in [-0.4, -0.2) is 9.97 Å². The SMILES string of the molecule is CCCCCCCC(CCCC)c1ncc(F)cn1. The summed E-state index contributed by atoms with van der Waals surface area (Å²) >= 11 is 0. The van der Waals surface area contributed by atoms with Crippen LogP contribution in [0, 0.1) is 5.82 Å². The quantitative estimate of drug-likeness (QED) is 0.540. The molecule has 1 aromatic heterocycles. The van der Waals surface area contributed by atoms with E-state index in [2.05, 4.69) is 23.8 Å². The van der Waals surface area contributed by atoms with E-state index in [0.717, 1.165) is 18.7 Å². The van der Waals surface area contributed by atoms with Gasteiger partial charge in [0, 0.05) is 5.92 Å². The molecule has 0 aliphatic heterocycles. The van der Waals surface area contributed by atoms with E-state index in [1.165, 1.54) is 57.3 Å². The number of unbranched alkanes of at least 4 members (excludes halogenated alkanes) is 5. The zero-order valence-corrected chi connectivity index (χ0v) is 12.4. The lowest BCUT2D eigenvalue weighted by Crippen LogP contribution is -2.05. The Bertz CT molecular complexity index is 324. The van der Waals surface area contributed by atoms with Crippen molar-refractivity contribution in [2.24, 2.45) is 0 Å². The van der Waals surface area contributed by atoms with Gasteiger partial charge in [0.2, 0.25) is 0 Å². The zero-order chi connectivity index (χ0) is 13.9. The van der Waals surface area contributed by atoms with Crippen LogP contribution in [0.2, 0.25) is 0 Å². The Kier molecular flexibility index (Phi) is 8.35. The standard InChI is InChI=1S/C16H27FN2/c1-3-5-7-8-9-11-14(10-6-4-2)16-18-12-15(17)13-19-16/h12-14H,3-11H2,1-2H3. The lowest BCUT2D eigenvalue weighted by Gasteiger charge is -2.15. The van der Waals surface area contributed by atoms with Crippen LogP contribution in [0.15, 0.2) is 12.4 Å². The molecule has 2 nitrogen and oxygen atoms in total. The first-order chi connectivity index (χ1) is 9.27. The van der Waals surface area contributed by atoms with Crippen molar-refractivity contribution >= 4 is 0 Å². The summed E-state index contributed by atoms with van der Waals surface area (Å²) in [5.74, 6) is 0.883. The maximum absolute atomic E-state index is 12.9. The van der Waals surface area contributed by atoms with Gasteiger partial charge in [0.15, 0.2) is 5.82 Å². The predicted molar refractivity (Wildman–Crippen MR) is 77.6 cm³/mol. The third-order valence-electron chi connectivity index (χ3n) is 3.57. The molecule has 1 rings (SSSR count). The molecule has 3 heteroatoms. The van der Waals surface area contributed by atoms with Crippen molar-refractivity contribution in [1.82, 2.24) is 9.97 Å². The Balaban J connectivity index is 2.44. The Morgan fingerprint density at radius 3 is 2.11 bits per heavy atom. The third-order valence-corrected chi connectivity index (χ3v) is 3.57. The van der Waals surface area contributed by atoms with Crippen molar-refractivity contribution in [3.63, 3.8) is 0 Å². The van der Waals surface area contributed by atoms with Crippen LogP contribution in [0.1, 0.15) is 83.4 Å². The second-order valence-corrected chi connectivity index (χ2v) is 5.30. The Labute approximate surface area is 116 Å². The molecule has 0 saturated carbocycles. The molecule has 1 aromatic rings. The van der Waals surface area contributed by atoms with Crippen molar-refractivity contribution < 1.29 is 4.39 Å². The summed E-state index contributed by atoms with van der Waals surface area (Å²) in [4.78, 5) is 8.32. The first-order valence-corrected chi connectivity index (χ1v) is 7.75. The Morgan fingerprint density at radius 1 is 0.895 bits per heavy atom. The molecule has 0 aromatic carbocycles. The van der Waals surface area contributed by atoms with E-state index in [0.29, 0.717) is 5.92 Å². The van der Waals surface area contributed by atoms with Crippen molar-refractivity contribution in [1.29, 1.82) is 0 Å². The molecule has 0 aliphatic rings. The first-order valence-electron chi connectivity index (χ1n) is 7.75. The van der Waals surface area contributed by atoms with Crippen molar-refractivity contribution in [3.05, 3.63) is 24.0 Å². The number of hydrogen-bond donors (Lipinski definition) is 0. The van der Waals surface area contributed by atoms with Crippen LogP contribution in [0.4, 0.5) is 4.39 Å². The summed E-state index contributed by atoms with van der Waals surface area (Å²) < 4.78 is 12.9. The second-order valence-electron chi connectivity index (χ2n) is 5.30. The van der Waals surface area contributed by atoms with Gasteiger partial charge in [0.05, 0.1) is 12.4 Å². The van der Waals surface area contributed by atoms with Gasteiger partial charge in [-0.15, -0.1) is 0 Å². The smallest absolute Gasteiger partial charge is 0.159 e. The molecule has 0 N–H and O–H groups in total. The number of halogens is 1. The number of rotatable bonds is 10. The van der Waals surface area contributed by atoms with E-state index in [-0.39, 0.29) is 5.82 Å². The average molecular weight is 266 g/mol. The second kappa shape index (κ2) is 9.88. The number of aromatic nitrogens is 2. The highest BCUT2D eigenvalue weighted by Crippen LogP contribution is 2.25. The van der Waals surface area contributed by atoms with E-state index >= 15 is 0 Å². The highest BCUT2D eigenvalue weighted by Gasteiger charge is 2.13. The lowest BCUT2D eigenvalue weighted by atomic mass is 9.94. The third kappa shape index (κ3) is 6.65. The van der Waals surface area contributed by atoms with Crippen LogP contribution in [-0.2, 0) is 0 Å². The fourth-order valence-corrected chi connectivity index (χ4v) is 2.38. The Hall–Kier alpha value is -0.990.